The molecule has 0 radical (unpaired) electrons. The van der Waals surface area contributed by atoms with Crippen LogP contribution in [0.15, 0.2) is 6.33 Å². The summed E-state index contributed by atoms with van der Waals surface area (Å²) in [7, 11) is 0. The first-order valence-corrected chi connectivity index (χ1v) is 6.46. The van der Waals surface area contributed by atoms with E-state index in [-0.39, 0.29) is 11.3 Å². The monoisotopic (exact) mass is 269 g/mol. The fourth-order valence-corrected chi connectivity index (χ4v) is 2.39. The molecule has 0 N–H and O–H groups in total. The summed E-state index contributed by atoms with van der Waals surface area (Å²) in [4.78, 5) is 21.1. The Morgan fingerprint density at radius 1 is 1.61 bits per heavy atom. The smallest absolute Gasteiger partial charge is 0.156 e. The summed E-state index contributed by atoms with van der Waals surface area (Å²) in [6, 6.07) is 0. The molecule has 6 heteroatoms. The van der Waals surface area contributed by atoms with Gasteiger partial charge in [-0.25, -0.2) is 9.97 Å². The second-order valence-electron chi connectivity index (χ2n) is 4.19. The van der Waals surface area contributed by atoms with Gasteiger partial charge in [-0.3, -0.25) is 4.79 Å². The van der Waals surface area contributed by atoms with E-state index < -0.39 is 0 Å². The number of piperidine rings is 1. The van der Waals surface area contributed by atoms with Crippen molar-refractivity contribution < 1.29 is 9.53 Å². The van der Waals surface area contributed by atoms with Crippen LogP contribution in [0.1, 0.15) is 30.1 Å². The first kappa shape index (κ1) is 13.2. The standard InChI is InChI=1S/C12H16ClN3O2/c1-2-18-9-4-3-5-16(6-9)12-10(7-17)11(13)14-8-15-12/h7-9H,2-6H2,1H3. The molecule has 2 heterocycles. The van der Waals surface area contributed by atoms with E-state index in [1.165, 1.54) is 6.33 Å². The predicted molar refractivity (Wildman–Crippen MR) is 69.3 cm³/mol. The number of hydrogen-bond donors (Lipinski definition) is 0. The molecule has 1 atom stereocenters. The van der Waals surface area contributed by atoms with Crippen molar-refractivity contribution in [3.8, 4) is 0 Å². The van der Waals surface area contributed by atoms with Gasteiger partial charge >= 0.3 is 0 Å². The van der Waals surface area contributed by atoms with E-state index >= 15 is 0 Å². The number of rotatable bonds is 4. The van der Waals surface area contributed by atoms with E-state index in [9.17, 15) is 4.79 Å². The molecule has 1 fully saturated rings. The van der Waals surface area contributed by atoms with Crippen molar-refractivity contribution in [2.45, 2.75) is 25.9 Å². The second kappa shape index (κ2) is 6.11. The van der Waals surface area contributed by atoms with Gasteiger partial charge in [0, 0.05) is 19.7 Å². The normalized spacial score (nSPS) is 19.9. The van der Waals surface area contributed by atoms with Crippen LogP contribution >= 0.6 is 11.6 Å². The quantitative estimate of drug-likeness (QED) is 0.618. The minimum atomic E-state index is 0.192. The highest BCUT2D eigenvalue weighted by Crippen LogP contribution is 2.25. The summed E-state index contributed by atoms with van der Waals surface area (Å²) in [6.07, 6.45) is 4.35. The van der Waals surface area contributed by atoms with Crippen molar-refractivity contribution in [3.63, 3.8) is 0 Å². The number of halogens is 1. The molecular weight excluding hydrogens is 254 g/mol. The van der Waals surface area contributed by atoms with Crippen molar-refractivity contribution in [3.05, 3.63) is 17.0 Å². The van der Waals surface area contributed by atoms with Gasteiger partial charge in [-0.2, -0.15) is 0 Å². The van der Waals surface area contributed by atoms with Gasteiger partial charge in [0.1, 0.15) is 17.3 Å². The third-order valence-corrected chi connectivity index (χ3v) is 3.31. The van der Waals surface area contributed by atoms with Crippen molar-refractivity contribution >= 4 is 23.7 Å². The van der Waals surface area contributed by atoms with Gasteiger partial charge < -0.3 is 9.64 Å². The van der Waals surface area contributed by atoms with Crippen LogP contribution in [-0.2, 0) is 4.74 Å². The summed E-state index contributed by atoms with van der Waals surface area (Å²) in [6.45, 7) is 4.28. The zero-order valence-electron chi connectivity index (χ0n) is 10.3. The molecule has 0 spiro atoms. The van der Waals surface area contributed by atoms with Gasteiger partial charge in [0.2, 0.25) is 0 Å². The fraction of sp³-hybridized carbons (Fsp3) is 0.583. The molecule has 0 saturated carbocycles. The van der Waals surface area contributed by atoms with Crippen LogP contribution in [0.3, 0.4) is 0 Å². The van der Waals surface area contributed by atoms with Crippen LogP contribution in [0.2, 0.25) is 5.15 Å². The topological polar surface area (TPSA) is 55.3 Å². The Kier molecular flexibility index (Phi) is 4.49. The lowest BCUT2D eigenvalue weighted by Gasteiger charge is -2.33. The molecule has 1 unspecified atom stereocenters. The van der Waals surface area contributed by atoms with Crippen LogP contribution in [0, 0.1) is 0 Å². The highest BCUT2D eigenvalue weighted by Gasteiger charge is 2.24. The molecule has 1 aromatic heterocycles. The van der Waals surface area contributed by atoms with Crippen LogP contribution in [0.5, 0.6) is 0 Å². The van der Waals surface area contributed by atoms with E-state index in [0.29, 0.717) is 24.3 Å². The Balaban J connectivity index is 2.20. The molecule has 0 bridgehead atoms. The third-order valence-electron chi connectivity index (χ3n) is 3.01. The number of carbonyl (C=O) groups is 1. The molecule has 1 aliphatic rings. The van der Waals surface area contributed by atoms with Crippen LogP contribution in [-0.4, -0.2) is 42.1 Å². The van der Waals surface area contributed by atoms with Crippen molar-refractivity contribution in [2.24, 2.45) is 0 Å². The molecule has 0 amide bonds. The Hall–Kier alpha value is -1.20. The van der Waals surface area contributed by atoms with Crippen molar-refractivity contribution in [2.75, 3.05) is 24.6 Å². The molecule has 0 aliphatic carbocycles. The highest BCUT2D eigenvalue weighted by atomic mass is 35.5. The molecule has 0 aromatic carbocycles. The van der Waals surface area contributed by atoms with E-state index in [0.717, 1.165) is 25.9 Å². The molecule has 2 rings (SSSR count). The number of anilines is 1. The Morgan fingerprint density at radius 3 is 3.17 bits per heavy atom. The van der Waals surface area contributed by atoms with Crippen molar-refractivity contribution in [1.82, 2.24) is 9.97 Å². The number of ether oxygens (including phenoxy) is 1. The average molecular weight is 270 g/mol. The average Bonchev–Trinajstić information content (AvgIpc) is 2.39. The molecule has 1 saturated heterocycles. The van der Waals surface area contributed by atoms with Crippen LogP contribution in [0.25, 0.3) is 0 Å². The SMILES string of the molecule is CCOC1CCCN(c2ncnc(Cl)c2C=O)C1. The summed E-state index contributed by atoms with van der Waals surface area (Å²) >= 11 is 5.91. The van der Waals surface area contributed by atoms with E-state index in [1.807, 2.05) is 11.8 Å². The molecule has 5 nitrogen and oxygen atoms in total. The van der Waals surface area contributed by atoms with Gasteiger partial charge in [0.25, 0.3) is 0 Å². The molecule has 1 aliphatic heterocycles. The van der Waals surface area contributed by atoms with Crippen LogP contribution in [0.4, 0.5) is 5.82 Å². The summed E-state index contributed by atoms with van der Waals surface area (Å²) < 4.78 is 5.63. The Morgan fingerprint density at radius 2 is 2.44 bits per heavy atom. The number of nitrogens with zero attached hydrogens (tertiary/aromatic N) is 3. The van der Waals surface area contributed by atoms with E-state index in [1.54, 1.807) is 0 Å². The van der Waals surface area contributed by atoms with E-state index in [4.69, 9.17) is 16.3 Å². The first-order chi connectivity index (χ1) is 8.76. The summed E-state index contributed by atoms with van der Waals surface area (Å²) in [5, 5.41) is 0.202. The maximum atomic E-state index is 11.1. The molecule has 18 heavy (non-hydrogen) atoms. The lowest BCUT2D eigenvalue weighted by atomic mass is 10.1. The lowest BCUT2D eigenvalue weighted by Crippen LogP contribution is -2.40. The summed E-state index contributed by atoms with van der Waals surface area (Å²) in [5.41, 5.74) is 0.358. The van der Waals surface area contributed by atoms with Crippen molar-refractivity contribution in [1.29, 1.82) is 0 Å². The number of carbonyl (C=O) groups excluding carboxylic acids is 1. The van der Waals surface area contributed by atoms with Gasteiger partial charge in [-0.05, 0) is 19.8 Å². The zero-order valence-corrected chi connectivity index (χ0v) is 11.1. The van der Waals surface area contributed by atoms with E-state index in [2.05, 4.69) is 9.97 Å². The number of hydrogen-bond acceptors (Lipinski definition) is 5. The summed E-state index contributed by atoms with van der Waals surface area (Å²) in [5.74, 6) is 0.606. The molecule has 1 aromatic rings. The minimum absolute atomic E-state index is 0.192. The van der Waals surface area contributed by atoms with Gasteiger partial charge in [0.05, 0.1) is 11.7 Å². The van der Waals surface area contributed by atoms with Gasteiger partial charge in [-0.1, -0.05) is 11.6 Å². The Labute approximate surface area is 111 Å². The minimum Gasteiger partial charge on any atom is -0.377 e. The maximum Gasteiger partial charge on any atom is 0.156 e. The largest absolute Gasteiger partial charge is 0.377 e. The predicted octanol–water partition coefficient (Wildman–Crippen LogP) is 1.95. The lowest BCUT2D eigenvalue weighted by molar-refractivity contribution is 0.0524. The number of aldehydes is 1. The molecule has 98 valence electrons. The second-order valence-corrected chi connectivity index (χ2v) is 4.54. The maximum absolute atomic E-state index is 11.1. The highest BCUT2D eigenvalue weighted by molar-refractivity contribution is 6.32. The number of aromatic nitrogens is 2. The van der Waals surface area contributed by atoms with Gasteiger partial charge in [-0.15, -0.1) is 0 Å². The van der Waals surface area contributed by atoms with Crippen LogP contribution < -0.4 is 4.90 Å². The zero-order chi connectivity index (χ0) is 13.0. The van der Waals surface area contributed by atoms with Gasteiger partial charge in [0.15, 0.2) is 6.29 Å². The third kappa shape index (κ3) is 2.79. The fourth-order valence-electron chi connectivity index (χ4n) is 2.22. The first-order valence-electron chi connectivity index (χ1n) is 6.08. The molecular formula is C12H16ClN3O2. The Bertz CT molecular complexity index is 426.